The van der Waals surface area contributed by atoms with Crippen LogP contribution in [-0.4, -0.2) is 41.8 Å². The monoisotopic (exact) mass is 275 g/mol. The molecule has 4 nitrogen and oxygen atoms in total. The van der Waals surface area contributed by atoms with Gasteiger partial charge in [0.15, 0.2) is 0 Å². The van der Waals surface area contributed by atoms with E-state index in [1.807, 2.05) is 11.8 Å². The molecule has 1 aliphatic heterocycles. The smallest absolute Gasteiger partial charge is 0.325 e. The Bertz CT molecular complexity index is 265. The molecule has 3 atom stereocenters. The summed E-state index contributed by atoms with van der Waals surface area (Å²) in [6, 6.07) is 0. The van der Waals surface area contributed by atoms with E-state index >= 15 is 0 Å². The summed E-state index contributed by atoms with van der Waals surface area (Å²) in [6.45, 7) is 6.90. The zero-order chi connectivity index (χ0) is 13.6. The van der Waals surface area contributed by atoms with E-state index in [4.69, 9.17) is 15.2 Å². The van der Waals surface area contributed by atoms with E-state index in [1.165, 1.54) is 0 Å². The number of nitrogens with two attached hydrogens (primary N) is 1. The molecule has 0 spiro atoms. The Morgan fingerprint density at radius 3 is 2.94 bits per heavy atom. The van der Waals surface area contributed by atoms with E-state index in [0.717, 1.165) is 25.2 Å². The second kappa shape index (κ2) is 7.36. The van der Waals surface area contributed by atoms with Gasteiger partial charge >= 0.3 is 5.97 Å². The molecule has 0 amide bonds. The number of hydrogen-bond donors (Lipinski definition) is 1. The third-order valence-corrected chi connectivity index (χ3v) is 4.34. The molecule has 18 heavy (non-hydrogen) atoms. The average Bonchev–Trinajstić information content (AvgIpc) is 2.79. The van der Waals surface area contributed by atoms with Gasteiger partial charge in [0, 0.05) is 17.6 Å². The number of ether oxygens (including phenoxy) is 2. The van der Waals surface area contributed by atoms with Crippen LogP contribution in [0.4, 0.5) is 0 Å². The molecule has 2 N–H and O–H groups in total. The molecule has 0 aromatic rings. The highest BCUT2D eigenvalue weighted by molar-refractivity contribution is 7.99. The topological polar surface area (TPSA) is 61.5 Å². The maximum atomic E-state index is 11.7. The Hall–Kier alpha value is -0.260. The first kappa shape index (κ1) is 15.8. The molecule has 0 aliphatic carbocycles. The minimum atomic E-state index is -0.890. The second-order valence-electron chi connectivity index (χ2n) is 5.12. The molecular formula is C13H25NO3S. The molecule has 0 aromatic carbocycles. The van der Waals surface area contributed by atoms with E-state index in [1.54, 1.807) is 13.8 Å². The fourth-order valence-corrected chi connectivity index (χ4v) is 3.35. The normalized spacial score (nSPS) is 24.6. The van der Waals surface area contributed by atoms with Gasteiger partial charge in [-0.2, -0.15) is 11.8 Å². The summed E-state index contributed by atoms with van der Waals surface area (Å²) in [5, 5.41) is 0.327. The number of esters is 1. The van der Waals surface area contributed by atoms with Gasteiger partial charge < -0.3 is 15.2 Å². The Labute approximate surface area is 114 Å². The number of carbonyl (C=O) groups is 1. The number of carbonyl (C=O) groups excluding carboxylic acids is 1. The second-order valence-corrected chi connectivity index (χ2v) is 6.59. The summed E-state index contributed by atoms with van der Waals surface area (Å²) < 4.78 is 10.6. The lowest BCUT2D eigenvalue weighted by Crippen LogP contribution is -2.47. The molecule has 1 aliphatic rings. The lowest BCUT2D eigenvalue weighted by molar-refractivity contribution is -0.149. The molecule has 106 valence electrons. The highest BCUT2D eigenvalue weighted by Crippen LogP contribution is 2.25. The Kier molecular flexibility index (Phi) is 6.46. The van der Waals surface area contributed by atoms with Crippen molar-refractivity contribution in [3.05, 3.63) is 0 Å². The van der Waals surface area contributed by atoms with Crippen LogP contribution in [0.3, 0.4) is 0 Å². The van der Waals surface area contributed by atoms with Crippen molar-refractivity contribution in [3.8, 4) is 0 Å². The van der Waals surface area contributed by atoms with Crippen molar-refractivity contribution in [1.82, 2.24) is 0 Å². The van der Waals surface area contributed by atoms with Crippen LogP contribution in [0.25, 0.3) is 0 Å². The zero-order valence-corrected chi connectivity index (χ0v) is 12.4. The summed E-state index contributed by atoms with van der Waals surface area (Å²) in [4.78, 5) is 11.7. The maximum Gasteiger partial charge on any atom is 0.325 e. The van der Waals surface area contributed by atoms with Crippen molar-refractivity contribution in [2.24, 2.45) is 5.73 Å². The molecule has 0 aromatic heterocycles. The predicted octanol–water partition coefficient (Wildman–Crippen LogP) is 1.96. The van der Waals surface area contributed by atoms with Crippen LogP contribution < -0.4 is 5.73 Å². The number of thioether (sulfide) groups is 1. The molecule has 1 rings (SSSR count). The van der Waals surface area contributed by atoms with Gasteiger partial charge in [-0.1, -0.05) is 6.92 Å². The van der Waals surface area contributed by atoms with Gasteiger partial charge in [-0.25, -0.2) is 0 Å². The molecule has 5 heteroatoms. The summed E-state index contributed by atoms with van der Waals surface area (Å²) in [6.07, 6.45) is 3.32. The van der Waals surface area contributed by atoms with Gasteiger partial charge in [0.2, 0.25) is 0 Å². The molecule has 0 bridgehead atoms. The van der Waals surface area contributed by atoms with Gasteiger partial charge in [-0.3, -0.25) is 4.79 Å². The first-order chi connectivity index (χ1) is 8.45. The molecule has 0 saturated carbocycles. The lowest BCUT2D eigenvalue weighted by atomic mass is 9.98. The largest absolute Gasteiger partial charge is 0.465 e. The van der Waals surface area contributed by atoms with Crippen molar-refractivity contribution in [2.75, 3.05) is 19.0 Å². The molecular weight excluding hydrogens is 250 g/mol. The average molecular weight is 275 g/mol. The summed E-state index contributed by atoms with van der Waals surface area (Å²) in [5.74, 6) is 0.676. The third-order valence-electron chi connectivity index (χ3n) is 3.04. The van der Waals surface area contributed by atoms with Crippen molar-refractivity contribution in [3.63, 3.8) is 0 Å². The number of rotatable bonds is 7. The fourth-order valence-electron chi connectivity index (χ4n) is 2.08. The van der Waals surface area contributed by atoms with Crippen LogP contribution in [0.1, 0.15) is 40.0 Å². The summed E-state index contributed by atoms with van der Waals surface area (Å²) in [7, 11) is 0. The minimum Gasteiger partial charge on any atom is -0.465 e. The zero-order valence-electron chi connectivity index (χ0n) is 11.6. The molecule has 1 fully saturated rings. The summed E-state index contributed by atoms with van der Waals surface area (Å²) >= 11 is 1.82. The first-order valence-corrected chi connectivity index (χ1v) is 7.70. The van der Waals surface area contributed by atoms with E-state index in [2.05, 4.69) is 6.92 Å². The van der Waals surface area contributed by atoms with Crippen molar-refractivity contribution in [2.45, 2.75) is 56.9 Å². The SMILES string of the molecule is CCOC(=O)C(C)(N)CC(C)SCC1CCCO1. The highest BCUT2D eigenvalue weighted by Gasteiger charge is 2.32. The van der Waals surface area contributed by atoms with Gasteiger partial charge in [-0.05, 0) is 33.1 Å². The van der Waals surface area contributed by atoms with Crippen LogP contribution in [-0.2, 0) is 14.3 Å². The van der Waals surface area contributed by atoms with Crippen molar-refractivity contribution < 1.29 is 14.3 Å². The van der Waals surface area contributed by atoms with Gasteiger partial charge in [-0.15, -0.1) is 0 Å². The van der Waals surface area contributed by atoms with Crippen LogP contribution >= 0.6 is 11.8 Å². The van der Waals surface area contributed by atoms with Crippen molar-refractivity contribution >= 4 is 17.7 Å². The first-order valence-electron chi connectivity index (χ1n) is 6.65. The van der Waals surface area contributed by atoms with Crippen LogP contribution in [0.5, 0.6) is 0 Å². The lowest BCUT2D eigenvalue weighted by Gasteiger charge is -2.25. The van der Waals surface area contributed by atoms with E-state index < -0.39 is 5.54 Å². The van der Waals surface area contributed by atoms with Crippen LogP contribution in [0.2, 0.25) is 0 Å². The van der Waals surface area contributed by atoms with Gasteiger partial charge in [0.25, 0.3) is 0 Å². The van der Waals surface area contributed by atoms with E-state index in [0.29, 0.717) is 24.4 Å². The quantitative estimate of drug-likeness (QED) is 0.720. The Morgan fingerprint density at radius 1 is 1.67 bits per heavy atom. The molecule has 3 unspecified atom stereocenters. The predicted molar refractivity (Wildman–Crippen MR) is 74.7 cm³/mol. The third kappa shape index (κ3) is 5.16. The summed E-state index contributed by atoms with van der Waals surface area (Å²) in [5.41, 5.74) is 5.12. The van der Waals surface area contributed by atoms with Gasteiger partial charge in [0.1, 0.15) is 5.54 Å². The van der Waals surface area contributed by atoms with Crippen LogP contribution in [0.15, 0.2) is 0 Å². The maximum absolute atomic E-state index is 11.7. The van der Waals surface area contributed by atoms with Crippen molar-refractivity contribution in [1.29, 1.82) is 0 Å². The number of hydrogen-bond acceptors (Lipinski definition) is 5. The van der Waals surface area contributed by atoms with Crippen LogP contribution in [0, 0.1) is 0 Å². The standard InChI is InChI=1S/C13H25NO3S/c1-4-16-12(15)13(3,14)8-10(2)18-9-11-6-5-7-17-11/h10-11H,4-9,14H2,1-3H3. The van der Waals surface area contributed by atoms with E-state index in [9.17, 15) is 4.79 Å². The highest BCUT2D eigenvalue weighted by atomic mass is 32.2. The molecule has 1 heterocycles. The molecule has 1 saturated heterocycles. The fraction of sp³-hybridized carbons (Fsp3) is 0.923. The van der Waals surface area contributed by atoms with Gasteiger partial charge in [0.05, 0.1) is 12.7 Å². The Morgan fingerprint density at radius 2 is 2.39 bits per heavy atom. The Balaban J connectivity index is 2.28. The molecule has 0 radical (unpaired) electrons. The minimum absolute atomic E-state index is 0.311. The van der Waals surface area contributed by atoms with E-state index in [-0.39, 0.29) is 5.97 Å².